The summed E-state index contributed by atoms with van der Waals surface area (Å²) in [5, 5.41) is 3.04. The van der Waals surface area contributed by atoms with Gasteiger partial charge in [0.25, 0.3) is 5.91 Å². The Morgan fingerprint density at radius 3 is 2.45 bits per heavy atom. The Kier molecular flexibility index (Phi) is 6.67. The molecule has 0 saturated carbocycles. The lowest BCUT2D eigenvalue weighted by Crippen LogP contribution is -2.48. The Morgan fingerprint density at radius 2 is 1.77 bits per heavy atom. The molecule has 1 fully saturated rings. The smallest absolute Gasteiger partial charge is 0.251 e. The number of aromatic nitrogens is 2. The third-order valence-electron chi connectivity index (χ3n) is 5.91. The van der Waals surface area contributed by atoms with Crippen molar-refractivity contribution >= 4 is 11.6 Å². The molecular formula is C25H31N5O. The van der Waals surface area contributed by atoms with Gasteiger partial charge in [-0.2, -0.15) is 0 Å². The number of imidazole rings is 1. The normalized spacial score (nSPS) is 14.7. The predicted octanol–water partition coefficient (Wildman–Crippen LogP) is 3.39. The van der Waals surface area contributed by atoms with Crippen LogP contribution in [0.3, 0.4) is 0 Å². The first-order valence-corrected chi connectivity index (χ1v) is 11.0. The third-order valence-corrected chi connectivity index (χ3v) is 5.91. The van der Waals surface area contributed by atoms with Crippen molar-refractivity contribution in [2.24, 2.45) is 0 Å². The van der Waals surface area contributed by atoms with Crippen molar-refractivity contribution in [3.05, 3.63) is 83.9 Å². The monoisotopic (exact) mass is 417 g/mol. The number of amides is 1. The summed E-state index contributed by atoms with van der Waals surface area (Å²) >= 11 is 0. The molecule has 2 aromatic carbocycles. The quantitative estimate of drug-likeness (QED) is 0.640. The summed E-state index contributed by atoms with van der Waals surface area (Å²) in [6.45, 7) is 10.0. The van der Waals surface area contributed by atoms with Gasteiger partial charge in [0.2, 0.25) is 0 Å². The minimum Gasteiger partial charge on any atom is -0.369 e. The molecule has 0 spiro atoms. The highest BCUT2D eigenvalue weighted by atomic mass is 16.1. The van der Waals surface area contributed by atoms with E-state index < -0.39 is 0 Å². The zero-order chi connectivity index (χ0) is 21.6. The van der Waals surface area contributed by atoms with Crippen LogP contribution in [0.15, 0.2) is 67.3 Å². The average Bonchev–Trinajstić information content (AvgIpc) is 3.31. The second-order valence-electron chi connectivity index (χ2n) is 8.40. The van der Waals surface area contributed by atoms with E-state index in [0.29, 0.717) is 18.2 Å². The standard InChI is InChI=1S/C25H31N5O/c1-20(2)29-12-14-30(15-13-29)24-8-6-23(7-9-24)25(31)27-17-21-4-3-5-22(16-21)18-28-11-10-26-19-28/h3-11,16,19-20H,12-15,17-18H2,1-2H3,(H,27,31). The van der Waals surface area contributed by atoms with Gasteiger partial charge in [-0.1, -0.05) is 24.3 Å². The minimum absolute atomic E-state index is 0.0452. The lowest BCUT2D eigenvalue weighted by molar-refractivity contribution is 0.0951. The zero-order valence-corrected chi connectivity index (χ0v) is 18.4. The van der Waals surface area contributed by atoms with Crippen molar-refractivity contribution in [2.45, 2.75) is 33.0 Å². The van der Waals surface area contributed by atoms with E-state index in [1.165, 1.54) is 11.3 Å². The van der Waals surface area contributed by atoms with Gasteiger partial charge in [-0.15, -0.1) is 0 Å². The summed E-state index contributed by atoms with van der Waals surface area (Å²) in [6.07, 6.45) is 5.53. The van der Waals surface area contributed by atoms with Crippen molar-refractivity contribution in [3.8, 4) is 0 Å². The van der Waals surface area contributed by atoms with Crippen LogP contribution in [-0.2, 0) is 13.1 Å². The Morgan fingerprint density at radius 1 is 1.03 bits per heavy atom. The van der Waals surface area contributed by atoms with E-state index in [4.69, 9.17) is 0 Å². The number of carbonyl (C=O) groups excluding carboxylic acids is 1. The first-order chi connectivity index (χ1) is 15.1. The molecule has 2 heterocycles. The van der Waals surface area contributed by atoms with Gasteiger partial charge >= 0.3 is 0 Å². The highest BCUT2D eigenvalue weighted by Gasteiger charge is 2.19. The van der Waals surface area contributed by atoms with Crippen molar-refractivity contribution in [1.82, 2.24) is 19.8 Å². The topological polar surface area (TPSA) is 53.4 Å². The SMILES string of the molecule is CC(C)N1CCN(c2ccc(C(=O)NCc3cccc(Cn4ccnc4)c3)cc2)CC1. The predicted molar refractivity (Wildman–Crippen MR) is 124 cm³/mol. The number of nitrogens with one attached hydrogen (secondary N) is 1. The summed E-state index contributed by atoms with van der Waals surface area (Å²) in [4.78, 5) is 21.6. The fraction of sp³-hybridized carbons (Fsp3) is 0.360. The maximum atomic E-state index is 12.6. The van der Waals surface area contributed by atoms with E-state index >= 15 is 0 Å². The molecule has 6 nitrogen and oxygen atoms in total. The van der Waals surface area contributed by atoms with E-state index in [1.807, 2.05) is 41.4 Å². The molecule has 1 saturated heterocycles. The van der Waals surface area contributed by atoms with E-state index in [-0.39, 0.29) is 5.91 Å². The second kappa shape index (κ2) is 9.79. The van der Waals surface area contributed by atoms with Gasteiger partial charge in [0.15, 0.2) is 0 Å². The molecule has 3 aromatic rings. The summed E-state index contributed by atoms with van der Waals surface area (Å²) in [6, 6.07) is 16.9. The van der Waals surface area contributed by atoms with Crippen molar-refractivity contribution in [2.75, 3.05) is 31.1 Å². The Hall–Kier alpha value is -3.12. The first-order valence-electron chi connectivity index (χ1n) is 11.0. The number of nitrogens with zero attached hydrogens (tertiary/aromatic N) is 4. The van der Waals surface area contributed by atoms with Crippen LogP contribution in [0.4, 0.5) is 5.69 Å². The molecule has 0 radical (unpaired) electrons. The zero-order valence-electron chi connectivity index (χ0n) is 18.4. The van der Waals surface area contributed by atoms with Gasteiger partial charge in [-0.3, -0.25) is 9.69 Å². The van der Waals surface area contributed by atoms with Gasteiger partial charge in [0.1, 0.15) is 0 Å². The molecule has 6 heteroatoms. The molecule has 1 amide bonds. The molecule has 0 unspecified atom stereocenters. The summed E-state index contributed by atoms with van der Waals surface area (Å²) in [5.41, 5.74) is 4.16. The van der Waals surface area contributed by atoms with Crippen molar-refractivity contribution in [1.29, 1.82) is 0 Å². The van der Waals surface area contributed by atoms with Gasteiger partial charge < -0.3 is 14.8 Å². The summed E-state index contributed by atoms with van der Waals surface area (Å²) in [5.74, 6) is -0.0452. The van der Waals surface area contributed by atoms with Crippen LogP contribution in [0.1, 0.15) is 35.3 Å². The molecule has 1 aliphatic rings. The number of carbonyl (C=O) groups is 1. The molecular weight excluding hydrogens is 386 g/mol. The van der Waals surface area contributed by atoms with Gasteiger partial charge in [-0.05, 0) is 49.2 Å². The molecule has 1 N–H and O–H groups in total. The van der Waals surface area contributed by atoms with Crippen LogP contribution >= 0.6 is 0 Å². The molecule has 0 bridgehead atoms. The molecule has 4 rings (SSSR count). The van der Waals surface area contributed by atoms with E-state index in [9.17, 15) is 4.79 Å². The first kappa shape index (κ1) is 21.1. The minimum atomic E-state index is -0.0452. The van der Waals surface area contributed by atoms with Crippen molar-refractivity contribution < 1.29 is 4.79 Å². The number of piperazine rings is 1. The summed E-state index contributed by atoms with van der Waals surface area (Å²) in [7, 11) is 0. The maximum absolute atomic E-state index is 12.6. The van der Waals surface area contributed by atoms with Gasteiger partial charge in [0.05, 0.1) is 6.33 Å². The maximum Gasteiger partial charge on any atom is 0.251 e. The fourth-order valence-electron chi connectivity index (χ4n) is 4.03. The van der Waals surface area contributed by atoms with E-state index in [2.05, 4.69) is 58.2 Å². The van der Waals surface area contributed by atoms with Crippen LogP contribution in [0, 0.1) is 0 Å². The Bertz CT molecular complexity index is 973. The summed E-state index contributed by atoms with van der Waals surface area (Å²) < 4.78 is 2.03. The highest BCUT2D eigenvalue weighted by Crippen LogP contribution is 2.18. The van der Waals surface area contributed by atoms with Gasteiger partial charge in [-0.25, -0.2) is 4.98 Å². The lowest BCUT2D eigenvalue weighted by atomic mass is 10.1. The molecule has 0 atom stereocenters. The number of anilines is 1. The number of hydrogen-bond acceptors (Lipinski definition) is 4. The number of benzene rings is 2. The highest BCUT2D eigenvalue weighted by molar-refractivity contribution is 5.94. The fourth-order valence-corrected chi connectivity index (χ4v) is 4.03. The van der Waals surface area contributed by atoms with Crippen LogP contribution in [0.25, 0.3) is 0 Å². The van der Waals surface area contributed by atoms with E-state index in [0.717, 1.165) is 38.3 Å². The Labute approximate surface area is 184 Å². The Balaban J connectivity index is 1.30. The van der Waals surface area contributed by atoms with E-state index in [1.54, 1.807) is 6.20 Å². The molecule has 0 aliphatic carbocycles. The molecule has 1 aromatic heterocycles. The third kappa shape index (κ3) is 5.52. The number of rotatable bonds is 7. The molecule has 1 aliphatic heterocycles. The van der Waals surface area contributed by atoms with Gasteiger partial charge in [0, 0.05) is 69.0 Å². The van der Waals surface area contributed by atoms with Crippen LogP contribution in [0.2, 0.25) is 0 Å². The van der Waals surface area contributed by atoms with Crippen LogP contribution in [-0.4, -0.2) is 52.6 Å². The van der Waals surface area contributed by atoms with Crippen molar-refractivity contribution in [3.63, 3.8) is 0 Å². The van der Waals surface area contributed by atoms with Crippen LogP contribution < -0.4 is 10.2 Å². The second-order valence-corrected chi connectivity index (χ2v) is 8.40. The van der Waals surface area contributed by atoms with Crippen LogP contribution in [0.5, 0.6) is 0 Å². The number of hydrogen-bond donors (Lipinski definition) is 1. The lowest BCUT2D eigenvalue weighted by Gasteiger charge is -2.38. The average molecular weight is 418 g/mol. The molecule has 162 valence electrons. The molecule has 31 heavy (non-hydrogen) atoms. The largest absolute Gasteiger partial charge is 0.369 e.